The minimum Gasteiger partial charge on any atom is -0.759 e. The SMILES string of the molecule is CCCc1cccc(-c2c[n+](CC)cc(-c3ccc(F)cc3)c2Cl)c1.CCCc1cccc(-c2c[n+](CC)cc(-c3ccc(F)cc3)c2Cl)c1.O=S(=O)([O-])[O-]. The van der Waals surface area contributed by atoms with Gasteiger partial charge in [0.2, 0.25) is 0 Å². The van der Waals surface area contributed by atoms with Gasteiger partial charge in [-0.05, 0) is 84.3 Å². The largest absolute Gasteiger partial charge is 0.759 e. The molecule has 0 fully saturated rings. The van der Waals surface area contributed by atoms with Gasteiger partial charge in [0, 0.05) is 10.4 Å². The van der Waals surface area contributed by atoms with Gasteiger partial charge in [0.25, 0.3) is 0 Å². The number of halogens is 4. The molecule has 0 saturated carbocycles. The van der Waals surface area contributed by atoms with E-state index in [9.17, 15) is 8.78 Å². The van der Waals surface area contributed by atoms with Gasteiger partial charge in [0.1, 0.15) is 24.7 Å². The summed E-state index contributed by atoms with van der Waals surface area (Å²) in [4.78, 5) is 0. The lowest BCUT2D eigenvalue weighted by Gasteiger charge is -2.10. The molecule has 0 atom stereocenters. The van der Waals surface area contributed by atoms with Gasteiger partial charge < -0.3 is 9.11 Å². The number of nitrogens with zero attached hydrogens (tertiary/aromatic N) is 2. The molecule has 0 bridgehead atoms. The van der Waals surface area contributed by atoms with Gasteiger partial charge in [-0.3, -0.25) is 8.42 Å². The van der Waals surface area contributed by atoms with Gasteiger partial charge in [-0.25, -0.2) is 17.9 Å². The predicted octanol–water partition coefficient (Wildman–Crippen LogP) is 10.8. The van der Waals surface area contributed by atoms with E-state index in [1.165, 1.54) is 35.4 Å². The summed E-state index contributed by atoms with van der Waals surface area (Å²) in [6, 6.07) is 30.0. The van der Waals surface area contributed by atoms with Crippen molar-refractivity contribution in [3.05, 3.63) is 155 Å². The van der Waals surface area contributed by atoms with Crippen molar-refractivity contribution in [1.82, 2.24) is 0 Å². The fourth-order valence-electron chi connectivity index (χ4n) is 6.05. The number of hydrogen-bond donors (Lipinski definition) is 0. The molecule has 2 heterocycles. The van der Waals surface area contributed by atoms with Crippen LogP contribution in [0.4, 0.5) is 8.78 Å². The Kier molecular flexibility index (Phi) is 16.0. The molecule has 0 aliphatic heterocycles. The molecule has 0 spiro atoms. The van der Waals surface area contributed by atoms with E-state index in [2.05, 4.69) is 97.8 Å². The highest BCUT2D eigenvalue weighted by atomic mass is 35.5. The van der Waals surface area contributed by atoms with E-state index in [4.69, 9.17) is 40.7 Å². The van der Waals surface area contributed by atoms with Crippen LogP contribution in [0.25, 0.3) is 44.5 Å². The average molecular weight is 806 g/mol. The highest BCUT2D eigenvalue weighted by Crippen LogP contribution is 2.37. The molecule has 0 saturated heterocycles. The van der Waals surface area contributed by atoms with E-state index in [1.807, 2.05) is 12.4 Å². The smallest absolute Gasteiger partial charge is 0.178 e. The Labute approximate surface area is 333 Å². The summed E-state index contributed by atoms with van der Waals surface area (Å²) in [5, 5.41) is 1.40. The molecule has 0 amide bonds. The molecule has 6 nitrogen and oxygen atoms in total. The van der Waals surface area contributed by atoms with Gasteiger partial charge in [0.05, 0.1) is 32.3 Å². The van der Waals surface area contributed by atoms with Gasteiger partial charge in [0.15, 0.2) is 24.8 Å². The van der Waals surface area contributed by atoms with Crippen molar-refractivity contribution in [2.45, 2.75) is 66.5 Å². The minimum atomic E-state index is -5.17. The van der Waals surface area contributed by atoms with Crippen LogP contribution in [0.5, 0.6) is 0 Å². The Balaban J connectivity index is 0.000000218. The molecule has 0 aliphatic carbocycles. The van der Waals surface area contributed by atoms with Crippen LogP contribution in [-0.4, -0.2) is 17.5 Å². The van der Waals surface area contributed by atoms with Crippen molar-refractivity contribution in [2.24, 2.45) is 0 Å². The first kappa shape index (κ1) is 43.2. The highest BCUT2D eigenvalue weighted by molar-refractivity contribution is 7.79. The predicted molar refractivity (Wildman–Crippen MR) is 215 cm³/mol. The Bertz CT molecular complexity index is 2150. The second-order valence-corrected chi connectivity index (χ2v) is 14.4. The van der Waals surface area contributed by atoms with Crippen LogP contribution < -0.4 is 9.13 Å². The molecule has 0 N–H and O–H groups in total. The maximum atomic E-state index is 13.3. The fourth-order valence-corrected chi connectivity index (χ4v) is 6.68. The Morgan fingerprint density at radius 3 is 1.13 bits per heavy atom. The van der Waals surface area contributed by atoms with E-state index in [0.717, 1.165) is 83.3 Å². The molecule has 2 aromatic heterocycles. The first-order valence-electron chi connectivity index (χ1n) is 18.1. The van der Waals surface area contributed by atoms with Crippen LogP contribution in [0.3, 0.4) is 0 Å². The number of pyridine rings is 2. The highest BCUT2D eigenvalue weighted by Gasteiger charge is 2.19. The van der Waals surface area contributed by atoms with Gasteiger partial charge in [-0.2, -0.15) is 0 Å². The van der Waals surface area contributed by atoms with Crippen LogP contribution in [0, 0.1) is 11.6 Å². The third-order valence-electron chi connectivity index (χ3n) is 8.72. The van der Waals surface area contributed by atoms with Crippen LogP contribution in [0.2, 0.25) is 10.0 Å². The molecule has 0 unspecified atom stereocenters. The van der Waals surface area contributed by atoms with Crippen molar-refractivity contribution in [3.8, 4) is 44.5 Å². The zero-order chi connectivity index (χ0) is 40.1. The van der Waals surface area contributed by atoms with Gasteiger partial charge >= 0.3 is 0 Å². The molecule has 4 aromatic carbocycles. The molecule has 11 heteroatoms. The van der Waals surface area contributed by atoms with Crippen molar-refractivity contribution in [2.75, 3.05) is 0 Å². The average Bonchev–Trinajstić information content (AvgIpc) is 3.16. The van der Waals surface area contributed by atoms with Crippen molar-refractivity contribution >= 4 is 33.6 Å². The van der Waals surface area contributed by atoms with Crippen LogP contribution in [-0.2, 0) is 36.3 Å². The van der Waals surface area contributed by atoms with E-state index >= 15 is 0 Å². The lowest BCUT2D eigenvalue weighted by molar-refractivity contribution is -0.692. The fraction of sp³-hybridized carbons (Fsp3) is 0.227. The quantitative estimate of drug-likeness (QED) is 0.0784. The van der Waals surface area contributed by atoms with E-state index in [-0.39, 0.29) is 11.6 Å². The summed E-state index contributed by atoms with van der Waals surface area (Å²) in [6.45, 7) is 10.2. The summed E-state index contributed by atoms with van der Waals surface area (Å²) in [7, 11) is -5.17. The zero-order valence-electron chi connectivity index (χ0n) is 31.2. The molecular weight excluding hydrogens is 761 g/mol. The molecule has 6 rings (SSSR count). The second-order valence-electron chi connectivity index (χ2n) is 12.8. The molecule has 55 heavy (non-hydrogen) atoms. The van der Waals surface area contributed by atoms with E-state index in [0.29, 0.717) is 10.0 Å². The second kappa shape index (κ2) is 20.4. The van der Waals surface area contributed by atoms with E-state index in [1.54, 1.807) is 24.3 Å². The normalized spacial score (nSPS) is 10.9. The lowest BCUT2D eigenvalue weighted by Crippen LogP contribution is -2.32. The van der Waals surface area contributed by atoms with Crippen molar-refractivity contribution < 1.29 is 35.4 Å². The Morgan fingerprint density at radius 1 is 0.527 bits per heavy atom. The molecule has 6 aromatic rings. The van der Waals surface area contributed by atoms with Crippen molar-refractivity contribution in [3.63, 3.8) is 0 Å². The van der Waals surface area contributed by atoms with Crippen LogP contribution in [0.15, 0.2) is 122 Å². The molecule has 0 aliphatic rings. The molecular formula is C44H44Cl2F2N2O4S. The van der Waals surface area contributed by atoms with E-state index < -0.39 is 10.4 Å². The maximum Gasteiger partial charge on any atom is 0.178 e. The molecule has 288 valence electrons. The number of aryl methyl sites for hydroxylation is 4. The maximum absolute atomic E-state index is 13.3. The monoisotopic (exact) mass is 804 g/mol. The number of benzene rings is 4. The third-order valence-corrected chi connectivity index (χ3v) is 9.53. The summed E-state index contributed by atoms with van der Waals surface area (Å²) in [5.41, 5.74) is 10.5. The zero-order valence-corrected chi connectivity index (χ0v) is 33.6. The lowest BCUT2D eigenvalue weighted by atomic mass is 9.99. The summed E-state index contributed by atoms with van der Waals surface area (Å²) in [6.07, 6.45) is 12.5. The number of rotatable bonds is 10. The number of aromatic nitrogens is 2. The minimum absolute atomic E-state index is 0.244. The van der Waals surface area contributed by atoms with Crippen LogP contribution in [0.1, 0.15) is 51.7 Å². The summed E-state index contributed by atoms with van der Waals surface area (Å²) < 4.78 is 64.9. The topological polar surface area (TPSA) is 88.0 Å². The Morgan fingerprint density at radius 2 is 0.836 bits per heavy atom. The van der Waals surface area contributed by atoms with Crippen molar-refractivity contribution in [1.29, 1.82) is 0 Å². The first-order valence-corrected chi connectivity index (χ1v) is 20.2. The third kappa shape index (κ3) is 12.8. The first-order chi connectivity index (χ1) is 26.2. The molecule has 0 radical (unpaired) electrons. The Hall–Kier alpha value is -4.51. The summed E-state index contributed by atoms with van der Waals surface area (Å²) >= 11 is 13.5. The standard InChI is InChI=1S/2C22H22ClFN.H2O4S/c2*1-3-6-16-7-5-8-18(13-16)21-15-25(4-2)14-20(22(21)23)17-9-11-19(24)12-10-17;1-5(2,3)4/h2*5,7-15H,3-4,6H2,1-2H3;(H2,1,2,3,4)/q2*+1;/p-2. The van der Waals surface area contributed by atoms with Crippen LogP contribution >= 0.6 is 23.2 Å². The number of hydrogen-bond acceptors (Lipinski definition) is 4. The van der Waals surface area contributed by atoms with Gasteiger partial charge in [-0.15, -0.1) is 0 Å². The summed E-state index contributed by atoms with van der Waals surface area (Å²) in [5.74, 6) is -0.488. The van der Waals surface area contributed by atoms with Gasteiger partial charge in [-0.1, -0.05) is 123 Å².